The van der Waals surface area contributed by atoms with Crippen molar-refractivity contribution >= 4 is 40.8 Å². The highest BCUT2D eigenvalue weighted by atomic mass is 35.5. The van der Waals surface area contributed by atoms with Gasteiger partial charge in [-0.25, -0.2) is 4.98 Å². The van der Waals surface area contributed by atoms with E-state index in [4.69, 9.17) is 17.3 Å². The Morgan fingerprint density at radius 1 is 1.50 bits per heavy atom. The van der Waals surface area contributed by atoms with E-state index in [9.17, 15) is 0 Å². The Kier molecular flexibility index (Phi) is 5.27. The molecule has 0 aliphatic carbocycles. The SMILES string of the molecule is C=Nc1ccc(C(C=NC)=CN)nc1/C(Cl)=C\C. The molecule has 0 saturated heterocycles. The molecule has 0 atom stereocenters. The highest BCUT2D eigenvalue weighted by molar-refractivity contribution is 6.48. The van der Waals surface area contributed by atoms with Gasteiger partial charge < -0.3 is 5.73 Å². The number of rotatable bonds is 4. The van der Waals surface area contributed by atoms with E-state index in [1.54, 1.807) is 31.5 Å². The number of hydrogen-bond donors (Lipinski definition) is 1. The number of nitrogens with two attached hydrogens (primary N) is 1. The second kappa shape index (κ2) is 6.71. The number of hydrogen-bond acceptors (Lipinski definition) is 4. The molecule has 0 fully saturated rings. The molecular formula is C13H15ClN4. The number of nitrogens with zero attached hydrogens (tertiary/aromatic N) is 3. The standard InChI is InChI=1S/C13H15ClN4/c1-4-10(14)13-12(17-3)6-5-11(18-13)9(7-15)8-16-2/h4-8H,3,15H2,1-2H3/b9-7?,10-4+,16-8?. The second-order valence-corrected chi connectivity index (χ2v) is 3.78. The molecule has 1 aromatic rings. The van der Waals surface area contributed by atoms with Gasteiger partial charge in [-0.3, -0.25) is 9.98 Å². The minimum absolute atomic E-state index is 0.518. The van der Waals surface area contributed by atoms with Crippen LogP contribution in [0, 0.1) is 0 Å². The average Bonchev–Trinajstić information content (AvgIpc) is 2.43. The van der Waals surface area contributed by atoms with Crippen molar-refractivity contribution in [2.24, 2.45) is 15.7 Å². The quantitative estimate of drug-likeness (QED) is 0.848. The monoisotopic (exact) mass is 262 g/mol. The van der Waals surface area contributed by atoms with E-state index in [2.05, 4.69) is 21.7 Å². The Labute approximate surface area is 112 Å². The molecule has 0 bridgehead atoms. The summed E-state index contributed by atoms with van der Waals surface area (Å²) in [5, 5.41) is 0.518. The minimum Gasteiger partial charge on any atom is -0.404 e. The van der Waals surface area contributed by atoms with Crippen LogP contribution in [0.15, 0.2) is 34.4 Å². The Bertz CT molecular complexity index is 530. The normalized spacial score (nSPS) is 13.1. The lowest BCUT2D eigenvalue weighted by atomic mass is 10.1. The summed E-state index contributed by atoms with van der Waals surface area (Å²) in [6.07, 6.45) is 4.84. The maximum Gasteiger partial charge on any atom is 0.108 e. The molecule has 0 saturated carbocycles. The van der Waals surface area contributed by atoms with Gasteiger partial charge in [-0.2, -0.15) is 0 Å². The molecule has 0 aromatic carbocycles. The third-order valence-corrected chi connectivity index (χ3v) is 2.66. The molecule has 0 spiro atoms. The molecule has 5 heteroatoms. The molecule has 0 amide bonds. The van der Waals surface area contributed by atoms with Crippen LogP contribution < -0.4 is 5.73 Å². The van der Waals surface area contributed by atoms with Crippen LogP contribution in [0.2, 0.25) is 0 Å². The van der Waals surface area contributed by atoms with Gasteiger partial charge in [-0.05, 0) is 25.8 Å². The zero-order valence-corrected chi connectivity index (χ0v) is 11.1. The number of allylic oxidation sites excluding steroid dienone is 2. The van der Waals surface area contributed by atoms with Crippen LogP contribution in [-0.2, 0) is 0 Å². The Morgan fingerprint density at radius 3 is 2.72 bits per heavy atom. The summed E-state index contributed by atoms with van der Waals surface area (Å²) in [6.45, 7) is 5.33. The molecule has 0 unspecified atom stereocenters. The van der Waals surface area contributed by atoms with Crippen LogP contribution in [0.4, 0.5) is 5.69 Å². The summed E-state index contributed by atoms with van der Waals surface area (Å²) in [7, 11) is 1.67. The summed E-state index contributed by atoms with van der Waals surface area (Å²) in [5.74, 6) is 0. The molecule has 2 N–H and O–H groups in total. The summed E-state index contributed by atoms with van der Waals surface area (Å²) in [4.78, 5) is 12.2. The Hall–Kier alpha value is -1.94. The Morgan fingerprint density at radius 2 is 2.22 bits per heavy atom. The predicted octanol–water partition coefficient (Wildman–Crippen LogP) is 3.01. The largest absolute Gasteiger partial charge is 0.404 e. The summed E-state index contributed by atoms with van der Waals surface area (Å²) < 4.78 is 0. The van der Waals surface area contributed by atoms with Crippen molar-refractivity contribution in [2.75, 3.05) is 7.05 Å². The van der Waals surface area contributed by atoms with Crippen molar-refractivity contribution < 1.29 is 0 Å². The molecule has 4 nitrogen and oxygen atoms in total. The van der Waals surface area contributed by atoms with Crippen molar-refractivity contribution in [1.82, 2.24) is 4.98 Å². The highest BCUT2D eigenvalue weighted by Crippen LogP contribution is 2.28. The van der Waals surface area contributed by atoms with Crippen molar-refractivity contribution in [3.63, 3.8) is 0 Å². The van der Waals surface area contributed by atoms with E-state index < -0.39 is 0 Å². The molecule has 1 aromatic heterocycles. The summed E-state index contributed by atoms with van der Waals surface area (Å²) in [6, 6.07) is 3.59. The van der Waals surface area contributed by atoms with Crippen LogP contribution in [0.1, 0.15) is 18.3 Å². The fourth-order valence-corrected chi connectivity index (χ4v) is 1.53. The minimum atomic E-state index is 0.518. The van der Waals surface area contributed by atoms with Crippen molar-refractivity contribution in [1.29, 1.82) is 0 Å². The van der Waals surface area contributed by atoms with Crippen molar-refractivity contribution in [2.45, 2.75) is 6.92 Å². The van der Waals surface area contributed by atoms with Gasteiger partial charge in [0.1, 0.15) is 5.69 Å². The fraction of sp³-hybridized carbons (Fsp3) is 0.154. The third-order valence-electron chi connectivity index (χ3n) is 2.27. The van der Waals surface area contributed by atoms with Crippen molar-refractivity contribution in [3.05, 3.63) is 35.8 Å². The first-order valence-corrected chi connectivity index (χ1v) is 5.70. The number of aliphatic imine (C=N–C) groups is 2. The van der Waals surface area contributed by atoms with Gasteiger partial charge in [-0.1, -0.05) is 17.7 Å². The van der Waals surface area contributed by atoms with Gasteiger partial charge in [0.2, 0.25) is 0 Å². The lowest BCUT2D eigenvalue weighted by Crippen LogP contribution is -1.97. The van der Waals surface area contributed by atoms with Crippen LogP contribution in [-0.4, -0.2) is 25.0 Å². The van der Waals surface area contributed by atoms with E-state index in [1.807, 2.05) is 6.92 Å². The van der Waals surface area contributed by atoms with Crippen LogP contribution in [0.5, 0.6) is 0 Å². The van der Waals surface area contributed by atoms with E-state index >= 15 is 0 Å². The van der Waals surface area contributed by atoms with Crippen LogP contribution in [0.3, 0.4) is 0 Å². The second-order valence-electron chi connectivity index (χ2n) is 3.37. The average molecular weight is 263 g/mol. The fourth-order valence-electron chi connectivity index (χ4n) is 1.39. The smallest absolute Gasteiger partial charge is 0.108 e. The molecule has 18 heavy (non-hydrogen) atoms. The first-order chi connectivity index (χ1) is 8.67. The van der Waals surface area contributed by atoms with Crippen LogP contribution in [0.25, 0.3) is 10.6 Å². The van der Waals surface area contributed by atoms with Gasteiger partial charge in [0.15, 0.2) is 0 Å². The molecule has 1 heterocycles. The third kappa shape index (κ3) is 3.05. The van der Waals surface area contributed by atoms with E-state index in [0.717, 1.165) is 5.57 Å². The first kappa shape index (κ1) is 14.1. The van der Waals surface area contributed by atoms with Gasteiger partial charge in [0.25, 0.3) is 0 Å². The maximum absolute atomic E-state index is 6.10. The molecule has 94 valence electrons. The topological polar surface area (TPSA) is 63.6 Å². The zero-order chi connectivity index (χ0) is 13.5. The van der Waals surface area contributed by atoms with E-state index in [0.29, 0.717) is 22.1 Å². The molecular weight excluding hydrogens is 248 g/mol. The Balaban J connectivity index is 3.39. The molecule has 1 rings (SSSR count). The van der Waals surface area contributed by atoms with Gasteiger partial charge in [0.05, 0.1) is 16.4 Å². The predicted molar refractivity (Wildman–Crippen MR) is 79.5 cm³/mol. The highest BCUT2D eigenvalue weighted by Gasteiger charge is 2.09. The van der Waals surface area contributed by atoms with E-state index in [1.165, 1.54) is 6.20 Å². The van der Waals surface area contributed by atoms with Gasteiger partial charge >= 0.3 is 0 Å². The summed E-state index contributed by atoms with van der Waals surface area (Å²) >= 11 is 6.10. The number of pyridine rings is 1. The summed E-state index contributed by atoms with van der Waals surface area (Å²) in [5.41, 5.74) is 8.16. The van der Waals surface area contributed by atoms with Crippen LogP contribution >= 0.6 is 11.6 Å². The number of halogens is 1. The van der Waals surface area contributed by atoms with Crippen molar-refractivity contribution in [3.8, 4) is 0 Å². The zero-order valence-electron chi connectivity index (χ0n) is 10.4. The van der Waals surface area contributed by atoms with Gasteiger partial charge in [0, 0.05) is 25.0 Å². The van der Waals surface area contributed by atoms with E-state index in [-0.39, 0.29) is 0 Å². The molecule has 0 aliphatic heterocycles. The number of aromatic nitrogens is 1. The first-order valence-electron chi connectivity index (χ1n) is 5.32. The lowest BCUT2D eigenvalue weighted by Gasteiger charge is -2.07. The van der Waals surface area contributed by atoms with Gasteiger partial charge in [-0.15, -0.1) is 0 Å². The lowest BCUT2D eigenvalue weighted by molar-refractivity contribution is 1.23. The molecule has 0 radical (unpaired) electrons. The molecule has 0 aliphatic rings. The maximum atomic E-state index is 6.10.